The highest BCUT2D eigenvalue weighted by Gasteiger charge is 2.44. The van der Waals surface area contributed by atoms with E-state index in [-0.39, 0.29) is 5.54 Å². The summed E-state index contributed by atoms with van der Waals surface area (Å²) in [5.41, 5.74) is 7.02. The lowest BCUT2D eigenvalue weighted by molar-refractivity contribution is 0.0260. The van der Waals surface area contributed by atoms with Gasteiger partial charge in [-0.2, -0.15) is 0 Å². The van der Waals surface area contributed by atoms with Crippen LogP contribution in [0.4, 0.5) is 0 Å². The molecule has 1 saturated carbocycles. The maximum atomic E-state index is 6.25. The van der Waals surface area contributed by atoms with Gasteiger partial charge in [-0.05, 0) is 55.9 Å². The third-order valence-corrected chi connectivity index (χ3v) is 6.67. The van der Waals surface area contributed by atoms with Gasteiger partial charge < -0.3 is 10.5 Å². The van der Waals surface area contributed by atoms with E-state index in [2.05, 4.69) is 25.7 Å². The van der Waals surface area contributed by atoms with Crippen LogP contribution in [0, 0.1) is 17.3 Å². The van der Waals surface area contributed by atoms with Crippen molar-refractivity contribution >= 4 is 0 Å². The number of methoxy groups -OCH3 is 1. The fourth-order valence-corrected chi connectivity index (χ4v) is 4.51. The van der Waals surface area contributed by atoms with E-state index in [1.165, 1.54) is 51.6 Å². The highest BCUT2D eigenvalue weighted by Crippen LogP contribution is 2.45. The minimum Gasteiger partial charge on any atom is -0.384 e. The first kappa shape index (κ1) is 17.2. The summed E-state index contributed by atoms with van der Waals surface area (Å²) < 4.78 is 5.35. The lowest BCUT2D eigenvalue weighted by Gasteiger charge is -2.49. The van der Waals surface area contributed by atoms with Crippen LogP contribution in [-0.4, -0.2) is 43.8 Å². The second kappa shape index (κ2) is 6.97. The molecule has 0 aromatic rings. The first-order chi connectivity index (χ1) is 9.97. The zero-order valence-electron chi connectivity index (χ0n) is 14.7. The maximum absolute atomic E-state index is 6.25. The molecule has 2 N–H and O–H groups in total. The summed E-state index contributed by atoms with van der Waals surface area (Å²) in [7, 11) is 1.82. The molecule has 1 heterocycles. The molecule has 0 aromatic heterocycles. The summed E-state index contributed by atoms with van der Waals surface area (Å²) in [5, 5.41) is 0. The van der Waals surface area contributed by atoms with E-state index in [4.69, 9.17) is 10.5 Å². The molecule has 0 bridgehead atoms. The highest BCUT2D eigenvalue weighted by atomic mass is 16.5. The standard InChI is InChI=1S/C18H36N2O/c1-5-17(2,3)16-6-9-18(14-19,10-7-16)20-11-8-15(12-20)13-21-4/h15-16H,5-14,19H2,1-4H3. The molecule has 21 heavy (non-hydrogen) atoms. The van der Waals surface area contributed by atoms with E-state index in [9.17, 15) is 0 Å². The smallest absolute Gasteiger partial charge is 0.0503 e. The first-order valence-corrected chi connectivity index (χ1v) is 8.91. The van der Waals surface area contributed by atoms with E-state index in [0.717, 1.165) is 19.1 Å². The predicted octanol–water partition coefficient (Wildman–Crippen LogP) is 3.28. The molecule has 0 spiro atoms. The van der Waals surface area contributed by atoms with Gasteiger partial charge >= 0.3 is 0 Å². The van der Waals surface area contributed by atoms with E-state index in [1.54, 1.807) is 0 Å². The molecule has 1 aliphatic carbocycles. The van der Waals surface area contributed by atoms with E-state index in [1.807, 2.05) is 7.11 Å². The Morgan fingerprint density at radius 2 is 1.90 bits per heavy atom. The Balaban J connectivity index is 1.96. The molecule has 2 rings (SSSR count). The Labute approximate surface area is 131 Å². The molecular formula is C18H36N2O. The van der Waals surface area contributed by atoms with Gasteiger partial charge in [0.05, 0.1) is 6.61 Å². The van der Waals surface area contributed by atoms with Crippen LogP contribution < -0.4 is 5.73 Å². The van der Waals surface area contributed by atoms with Gasteiger partial charge in [0.25, 0.3) is 0 Å². The van der Waals surface area contributed by atoms with Crippen molar-refractivity contribution in [1.82, 2.24) is 4.90 Å². The highest BCUT2D eigenvalue weighted by molar-refractivity contribution is 5.00. The van der Waals surface area contributed by atoms with E-state index in [0.29, 0.717) is 11.3 Å². The van der Waals surface area contributed by atoms with Gasteiger partial charge in [0.2, 0.25) is 0 Å². The molecule has 1 aliphatic heterocycles. The molecule has 0 aromatic carbocycles. The fraction of sp³-hybridized carbons (Fsp3) is 1.00. The molecule has 0 radical (unpaired) electrons. The van der Waals surface area contributed by atoms with Crippen LogP contribution >= 0.6 is 0 Å². The largest absolute Gasteiger partial charge is 0.384 e. The second-order valence-electron chi connectivity index (χ2n) is 8.10. The van der Waals surface area contributed by atoms with Crippen molar-refractivity contribution in [3.8, 4) is 0 Å². The average Bonchev–Trinajstić information content (AvgIpc) is 2.97. The van der Waals surface area contributed by atoms with Crippen LogP contribution in [-0.2, 0) is 4.74 Å². The molecule has 3 nitrogen and oxygen atoms in total. The third-order valence-electron chi connectivity index (χ3n) is 6.67. The van der Waals surface area contributed by atoms with Gasteiger partial charge in [0, 0.05) is 25.7 Å². The van der Waals surface area contributed by atoms with Crippen molar-refractivity contribution in [3.05, 3.63) is 0 Å². The van der Waals surface area contributed by atoms with Crippen LogP contribution in [0.15, 0.2) is 0 Å². The van der Waals surface area contributed by atoms with Gasteiger partial charge in [0.1, 0.15) is 0 Å². The van der Waals surface area contributed by atoms with Gasteiger partial charge in [-0.15, -0.1) is 0 Å². The Bertz CT molecular complexity index is 321. The van der Waals surface area contributed by atoms with Crippen molar-refractivity contribution in [1.29, 1.82) is 0 Å². The van der Waals surface area contributed by atoms with Crippen molar-refractivity contribution in [2.45, 2.75) is 64.8 Å². The second-order valence-corrected chi connectivity index (χ2v) is 8.10. The van der Waals surface area contributed by atoms with E-state index < -0.39 is 0 Å². The summed E-state index contributed by atoms with van der Waals surface area (Å²) in [6.45, 7) is 11.4. The zero-order valence-corrected chi connectivity index (χ0v) is 14.7. The van der Waals surface area contributed by atoms with Crippen LogP contribution in [0.1, 0.15) is 59.3 Å². The van der Waals surface area contributed by atoms with Crippen molar-refractivity contribution in [2.75, 3.05) is 33.4 Å². The molecule has 0 amide bonds. The van der Waals surface area contributed by atoms with Gasteiger partial charge in [-0.3, -0.25) is 4.90 Å². The van der Waals surface area contributed by atoms with Crippen LogP contribution in [0.25, 0.3) is 0 Å². The number of hydrogen-bond acceptors (Lipinski definition) is 3. The van der Waals surface area contributed by atoms with E-state index >= 15 is 0 Å². The first-order valence-electron chi connectivity index (χ1n) is 8.91. The minimum absolute atomic E-state index is 0.281. The van der Waals surface area contributed by atoms with Gasteiger partial charge in [-0.25, -0.2) is 0 Å². The normalized spacial score (nSPS) is 35.3. The maximum Gasteiger partial charge on any atom is 0.0503 e. The van der Waals surface area contributed by atoms with Gasteiger partial charge in [-0.1, -0.05) is 27.2 Å². The fourth-order valence-electron chi connectivity index (χ4n) is 4.51. The third kappa shape index (κ3) is 3.62. The van der Waals surface area contributed by atoms with Crippen LogP contribution in [0.2, 0.25) is 0 Å². The molecular weight excluding hydrogens is 260 g/mol. The Morgan fingerprint density at radius 3 is 2.43 bits per heavy atom. The SMILES string of the molecule is CCC(C)(C)C1CCC(CN)(N2CCC(COC)C2)CC1. The Hall–Kier alpha value is -0.120. The van der Waals surface area contributed by atoms with Crippen molar-refractivity contribution in [2.24, 2.45) is 23.0 Å². The van der Waals surface area contributed by atoms with Crippen LogP contribution in [0.3, 0.4) is 0 Å². The molecule has 1 unspecified atom stereocenters. The Morgan fingerprint density at radius 1 is 1.24 bits per heavy atom. The number of nitrogens with two attached hydrogens (primary N) is 1. The minimum atomic E-state index is 0.281. The number of likely N-dealkylation sites (tertiary alicyclic amines) is 1. The molecule has 1 saturated heterocycles. The molecule has 2 aliphatic rings. The van der Waals surface area contributed by atoms with Crippen molar-refractivity contribution < 1.29 is 4.74 Å². The summed E-state index contributed by atoms with van der Waals surface area (Å²) in [6, 6.07) is 0. The lowest BCUT2D eigenvalue weighted by atomic mass is 9.65. The number of rotatable bonds is 6. The van der Waals surface area contributed by atoms with Crippen molar-refractivity contribution in [3.63, 3.8) is 0 Å². The predicted molar refractivity (Wildman–Crippen MR) is 89.4 cm³/mol. The number of ether oxygens (including phenoxy) is 1. The molecule has 124 valence electrons. The van der Waals surface area contributed by atoms with Crippen LogP contribution in [0.5, 0.6) is 0 Å². The number of nitrogens with zero attached hydrogens (tertiary/aromatic N) is 1. The topological polar surface area (TPSA) is 38.5 Å². The summed E-state index contributed by atoms with van der Waals surface area (Å²) in [6.07, 6.45) is 7.84. The summed E-state index contributed by atoms with van der Waals surface area (Å²) in [5.74, 6) is 1.59. The summed E-state index contributed by atoms with van der Waals surface area (Å²) >= 11 is 0. The monoisotopic (exact) mass is 296 g/mol. The summed E-state index contributed by atoms with van der Waals surface area (Å²) in [4.78, 5) is 2.70. The Kier molecular flexibility index (Phi) is 5.72. The lowest BCUT2D eigenvalue weighted by Crippen LogP contribution is -2.55. The quantitative estimate of drug-likeness (QED) is 0.817. The zero-order chi connectivity index (χ0) is 15.5. The molecule has 2 fully saturated rings. The van der Waals surface area contributed by atoms with Gasteiger partial charge in [0.15, 0.2) is 0 Å². The molecule has 3 heteroatoms. The molecule has 1 atom stereocenters. The average molecular weight is 296 g/mol. The number of hydrogen-bond donors (Lipinski definition) is 1.